The van der Waals surface area contributed by atoms with Crippen LogP contribution in [0.15, 0.2) is 29.8 Å². The molecule has 0 unspecified atom stereocenters. The fourth-order valence-electron chi connectivity index (χ4n) is 3.41. The van der Waals surface area contributed by atoms with E-state index in [0.717, 1.165) is 16.0 Å². The Balaban J connectivity index is 1.62. The van der Waals surface area contributed by atoms with Crippen molar-refractivity contribution in [2.24, 2.45) is 0 Å². The van der Waals surface area contributed by atoms with Crippen LogP contribution in [-0.4, -0.2) is 70.7 Å². The molecule has 0 spiro atoms. The second-order valence-corrected chi connectivity index (χ2v) is 9.90. The molecule has 3 aromatic rings. The van der Waals surface area contributed by atoms with Gasteiger partial charge in [-0.15, -0.1) is 11.3 Å². The highest BCUT2D eigenvalue weighted by Gasteiger charge is 2.28. The lowest BCUT2D eigenvalue weighted by atomic mass is 10.1. The van der Waals surface area contributed by atoms with Crippen molar-refractivity contribution in [1.82, 2.24) is 24.0 Å². The molecule has 3 aromatic heterocycles. The fourth-order valence-corrected chi connectivity index (χ4v) is 4.92. The maximum absolute atomic E-state index is 13.1. The number of hydrogen-bond donors (Lipinski definition) is 0. The molecule has 1 aliphatic heterocycles. The van der Waals surface area contributed by atoms with Gasteiger partial charge < -0.3 is 4.90 Å². The van der Waals surface area contributed by atoms with E-state index in [1.165, 1.54) is 10.6 Å². The summed E-state index contributed by atoms with van der Waals surface area (Å²) < 4.78 is 26.6. The SMILES string of the molecule is Cc1cc(C(=O)N2CCN(S(C)(=O)=O)CC2)c2cnn(Cc3cccs3)c2n1. The molecule has 0 aromatic carbocycles. The number of rotatable bonds is 4. The van der Waals surface area contributed by atoms with Crippen LogP contribution in [0.5, 0.6) is 0 Å². The molecule has 10 heteroatoms. The number of carbonyl (C=O) groups is 1. The van der Waals surface area contributed by atoms with Crippen molar-refractivity contribution in [3.05, 3.63) is 45.9 Å². The van der Waals surface area contributed by atoms with Crippen LogP contribution in [0.25, 0.3) is 11.0 Å². The van der Waals surface area contributed by atoms with Crippen LogP contribution in [0.2, 0.25) is 0 Å². The van der Waals surface area contributed by atoms with Gasteiger partial charge in [0.2, 0.25) is 10.0 Å². The van der Waals surface area contributed by atoms with Gasteiger partial charge >= 0.3 is 0 Å². The first kappa shape index (κ1) is 19.0. The molecule has 0 atom stereocenters. The maximum Gasteiger partial charge on any atom is 0.254 e. The normalized spacial score (nSPS) is 16.0. The Hall–Kier alpha value is -2.30. The molecular formula is C18H21N5O3S2. The Morgan fingerprint density at radius 2 is 2.00 bits per heavy atom. The van der Waals surface area contributed by atoms with Gasteiger partial charge in [0.1, 0.15) is 0 Å². The molecule has 0 radical (unpaired) electrons. The van der Waals surface area contributed by atoms with E-state index in [-0.39, 0.29) is 5.91 Å². The molecule has 1 amide bonds. The number of thiophene rings is 1. The van der Waals surface area contributed by atoms with Crippen LogP contribution in [0.3, 0.4) is 0 Å². The number of aromatic nitrogens is 3. The van der Waals surface area contributed by atoms with Gasteiger partial charge in [-0.3, -0.25) is 4.79 Å². The average Bonchev–Trinajstić information content (AvgIpc) is 3.31. The molecule has 1 saturated heterocycles. The zero-order chi connectivity index (χ0) is 19.9. The summed E-state index contributed by atoms with van der Waals surface area (Å²) in [6.07, 6.45) is 2.89. The Bertz CT molecular complexity index is 1110. The minimum absolute atomic E-state index is 0.112. The monoisotopic (exact) mass is 419 g/mol. The number of hydrogen-bond acceptors (Lipinski definition) is 6. The van der Waals surface area contributed by atoms with Crippen molar-refractivity contribution in [2.45, 2.75) is 13.5 Å². The van der Waals surface area contributed by atoms with E-state index in [2.05, 4.69) is 10.1 Å². The lowest BCUT2D eigenvalue weighted by Gasteiger charge is -2.33. The van der Waals surface area contributed by atoms with E-state index in [1.807, 2.05) is 29.1 Å². The molecule has 0 bridgehead atoms. The van der Waals surface area contributed by atoms with Crippen molar-refractivity contribution in [2.75, 3.05) is 32.4 Å². The molecule has 0 N–H and O–H groups in total. The van der Waals surface area contributed by atoms with E-state index < -0.39 is 10.0 Å². The molecule has 28 heavy (non-hydrogen) atoms. The van der Waals surface area contributed by atoms with Crippen LogP contribution < -0.4 is 0 Å². The molecule has 1 aliphatic rings. The smallest absolute Gasteiger partial charge is 0.254 e. The second-order valence-electron chi connectivity index (χ2n) is 6.88. The van der Waals surface area contributed by atoms with Crippen molar-refractivity contribution < 1.29 is 13.2 Å². The first-order valence-corrected chi connectivity index (χ1v) is 11.7. The van der Waals surface area contributed by atoms with Gasteiger partial charge in [-0.2, -0.15) is 9.40 Å². The predicted octanol–water partition coefficient (Wildman–Crippen LogP) is 1.57. The van der Waals surface area contributed by atoms with Gasteiger partial charge in [0, 0.05) is 36.8 Å². The van der Waals surface area contributed by atoms with E-state index in [0.29, 0.717) is 43.9 Å². The minimum Gasteiger partial charge on any atom is -0.336 e. The summed E-state index contributed by atoms with van der Waals surface area (Å²) in [6, 6.07) is 5.82. The third-order valence-electron chi connectivity index (χ3n) is 4.85. The molecule has 4 heterocycles. The molecule has 1 fully saturated rings. The number of amides is 1. The maximum atomic E-state index is 13.1. The summed E-state index contributed by atoms with van der Waals surface area (Å²) in [5.74, 6) is -0.112. The largest absolute Gasteiger partial charge is 0.336 e. The topological polar surface area (TPSA) is 88.4 Å². The standard InChI is InChI=1S/C18H21N5O3S2/c1-13-10-15(18(24)21-5-7-22(8-6-21)28(2,25)26)16-11-19-23(17(16)20-13)12-14-4-3-9-27-14/h3-4,9-11H,5-8,12H2,1-2H3. The summed E-state index contributed by atoms with van der Waals surface area (Å²) in [5.41, 5.74) is 2.00. The highest BCUT2D eigenvalue weighted by Crippen LogP contribution is 2.22. The Morgan fingerprint density at radius 3 is 2.64 bits per heavy atom. The van der Waals surface area contributed by atoms with E-state index in [4.69, 9.17) is 0 Å². The van der Waals surface area contributed by atoms with Gasteiger partial charge in [-0.05, 0) is 24.4 Å². The number of piperazine rings is 1. The van der Waals surface area contributed by atoms with Gasteiger partial charge in [-0.1, -0.05) is 6.07 Å². The van der Waals surface area contributed by atoms with Gasteiger partial charge in [0.15, 0.2) is 5.65 Å². The number of aryl methyl sites for hydroxylation is 1. The van der Waals surface area contributed by atoms with Crippen molar-refractivity contribution in [1.29, 1.82) is 0 Å². The highest BCUT2D eigenvalue weighted by atomic mass is 32.2. The summed E-state index contributed by atoms with van der Waals surface area (Å²) in [4.78, 5) is 20.6. The average molecular weight is 420 g/mol. The fraction of sp³-hybridized carbons (Fsp3) is 0.389. The summed E-state index contributed by atoms with van der Waals surface area (Å²) in [7, 11) is -3.23. The number of nitrogens with zero attached hydrogens (tertiary/aromatic N) is 5. The molecule has 148 valence electrons. The molecular weight excluding hydrogens is 398 g/mol. The van der Waals surface area contributed by atoms with E-state index in [1.54, 1.807) is 28.5 Å². The van der Waals surface area contributed by atoms with E-state index in [9.17, 15) is 13.2 Å². The number of carbonyl (C=O) groups excluding carboxylic acids is 1. The first-order chi connectivity index (χ1) is 13.3. The molecule has 0 saturated carbocycles. The third kappa shape index (κ3) is 3.67. The zero-order valence-electron chi connectivity index (χ0n) is 15.7. The lowest BCUT2D eigenvalue weighted by Crippen LogP contribution is -2.50. The second kappa shape index (κ2) is 7.26. The minimum atomic E-state index is -3.23. The van der Waals surface area contributed by atoms with Crippen LogP contribution in [0.1, 0.15) is 20.9 Å². The van der Waals surface area contributed by atoms with Crippen LogP contribution >= 0.6 is 11.3 Å². The van der Waals surface area contributed by atoms with Crippen LogP contribution in [0.4, 0.5) is 0 Å². The highest BCUT2D eigenvalue weighted by molar-refractivity contribution is 7.88. The number of pyridine rings is 1. The van der Waals surface area contributed by atoms with Crippen molar-refractivity contribution >= 4 is 38.3 Å². The number of fused-ring (bicyclic) bond motifs is 1. The van der Waals surface area contributed by atoms with Crippen molar-refractivity contribution in [3.63, 3.8) is 0 Å². The summed E-state index contributed by atoms with van der Waals surface area (Å²) in [6.45, 7) is 3.85. The van der Waals surface area contributed by atoms with Crippen molar-refractivity contribution in [3.8, 4) is 0 Å². The lowest BCUT2D eigenvalue weighted by molar-refractivity contribution is 0.0700. The predicted molar refractivity (Wildman–Crippen MR) is 108 cm³/mol. The molecule has 8 nitrogen and oxygen atoms in total. The summed E-state index contributed by atoms with van der Waals surface area (Å²) >= 11 is 1.65. The molecule has 4 rings (SSSR count). The third-order valence-corrected chi connectivity index (χ3v) is 7.01. The molecule has 0 aliphatic carbocycles. The first-order valence-electron chi connectivity index (χ1n) is 8.93. The Labute approximate surface area is 167 Å². The number of sulfonamides is 1. The zero-order valence-corrected chi connectivity index (χ0v) is 17.3. The van der Waals surface area contributed by atoms with Gasteiger partial charge in [0.25, 0.3) is 5.91 Å². The van der Waals surface area contributed by atoms with Crippen LogP contribution in [0, 0.1) is 6.92 Å². The quantitative estimate of drug-likeness (QED) is 0.640. The van der Waals surface area contributed by atoms with Gasteiger partial charge in [-0.25, -0.2) is 18.1 Å². The Kier molecular flexibility index (Phi) is 4.94. The van der Waals surface area contributed by atoms with E-state index >= 15 is 0 Å². The van der Waals surface area contributed by atoms with Crippen LogP contribution in [-0.2, 0) is 16.6 Å². The summed E-state index contributed by atoms with van der Waals surface area (Å²) in [5, 5.41) is 7.19. The van der Waals surface area contributed by atoms with Gasteiger partial charge in [0.05, 0.1) is 29.9 Å². The Morgan fingerprint density at radius 1 is 1.25 bits per heavy atom.